The summed E-state index contributed by atoms with van der Waals surface area (Å²) >= 11 is 0. The van der Waals surface area contributed by atoms with Crippen LogP contribution < -0.4 is 10.1 Å². The molecular weight excluding hydrogens is 238 g/mol. The number of methoxy groups -OCH3 is 1. The van der Waals surface area contributed by atoms with Gasteiger partial charge in [0.1, 0.15) is 11.5 Å². The van der Waals surface area contributed by atoms with Gasteiger partial charge in [-0.3, -0.25) is 0 Å². The lowest BCUT2D eigenvalue weighted by atomic mass is 9.95. The van der Waals surface area contributed by atoms with Gasteiger partial charge in [-0.2, -0.15) is 0 Å². The second-order valence-corrected chi connectivity index (χ2v) is 4.76. The fourth-order valence-electron chi connectivity index (χ4n) is 2.31. The second-order valence-electron chi connectivity index (χ2n) is 4.76. The van der Waals surface area contributed by atoms with E-state index in [2.05, 4.69) is 17.4 Å². The predicted octanol–water partition coefficient (Wildman–Crippen LogP) is 2.91. The molecule has 1 atom stereocenters. The van der Waals surface area contributed by atoms with Gasteiger partial charge in [0.05, 0.1) is 13.4 Å². The van der Waals surface area contributed by atoms with E-state index < -0.39 is 0 Å². The van der Waals surface area contributed by atoms with Gasteiger partial charge in [-0.25, -0.2) is 0 Å². The molecule has 0 aliphatic rings. The molecular formula is C16H21NO2. The number of hydrogen-bond acceptors (Lipinski definition) is 3. The fraction of sp³-hybridized carbons (Fsp3) is 0.375. The average molecular weight is 259 g/mol. The van der Waals surface area contributed by atoms with Crippen LogP contribution in [0.5, 0.6) is 5.75 Å². The Morgan fingerprint density at radius 3 is 2.53 bits per heavy atom. The van der Waals surface area contributed by atoms with E-state index in [0.29, 0.717) is 5.92 Å². The van der Waals surface area contributed by atoms with E-state index in [1.807, 2.05) is 31.3 Å². The van der Waals surface area contributed by atoms with Crippen molar-refractivity contribution < 1.29 is 9.15 Å². The number of benzene rings is 1. The van der Waals surface area contributed by atoms with Crippen LogP contribution in [0.15, 0.2) is 47.1 Å². The maximum atomic E-state index is 5.44. The van der Waals surface area contributed by atoms with E-state index in [9.17, 15) is 0 Å². The summed E-state index contributed by atoms with van der Waals surface area (Å²) in [5, 5.41) is 3.26. The molecule has 1 aromatic heterocycles. The molecule has 0 fully saturated rings. The lowest BCUT2D eigenvalue weighted by Gasteiger charge is -2.15. The van der Waals surface area contributed by atoms with Crippen LogP contribution in [0.25, 0.3) is 0 Å². The van der Waals surface area contributed by atoms with Crippen molar-refractivity contribution >= 4 is 0 Å². The summed E-state index contributed by atoms with van der Waals surface area (Å²) in [5.41, 5.74) is 1.33. The summed E-state index contributed by atoms with van der Waals surface area (Å²) < 4.78 is 10.6. The Bertz CT molecular complexity index is 462. The molecule has 0 amide bonds. The highest BCUT2D eigenvalue weighted by molar-refractivity contribution is 5.27. The van der Waals surface area contributed by atoms with E-state index in [1.165, 1.54) is 5.56 Å². The molecule has 2 aromatic rings. The van der Waals surface area contributed by atoms with E-state index >= 15 is 0 Å². The summed E-state index contributed by atoms with van der Waals surface area (Å²) in [6.07, 6.45) is 3.73. The molecule has 1 aromatic carbocycles. The number of rotatable bonds is 7. The molecule has 1 N–H and O–H groups in total. The van der Waals surface area contributed by atoms with Crippen molar-refractivity contribution in [3.63, 3.8) is 0 Å². The molecule has 0 aliphatic heterocycles. The van der Waals surface area contributed by atoms with Gasteiger partial charge in [0, 0.05) is 6.42 Å². The van der Waals surface area contributed by atoms with Gasteiger partial charge in [0.2, 0.25) is 0 Å². The highest BCUT2D eigenvalue weighted by atomic mass is 16.5. The van der Waals surface area contributed by atoms with Gasteiger partial charge in [-0.05, 0) is 55.8 Å². The highest BCUT2D eigenvalue weighted by Crippen LogP contribution is 2.17. The van der Waals surface area contributed by atoms with Crippen molar-refractivity contribution in [2.45, 2.75) is 12.8 Å². The zero-order valence-corrected chi connectivity index (χ0v) is 11.6. The Balaban J connectivity index is 1.98. The minimum absolute atomic E-state index is 0.532. The summed E-state index contributed by atoms with van der Waals surface area (Å²) in [6, 6.07) is 12.3. The first-order valence-corrected chi connectivity index (χ1v) is 6.61. The molecule has 0 radical (unpaired) electrons. The third kappa shape index (κ3) is 4.14. The van der Waals surface area contributed by atoms with Gasteiger partial charge in [0.25, 0.3) is 0 Å². The molecule has 0 bridgehead atoms. The Hall–Kier alpha value is -1.74. The van der Waals surface area contributed by atoms with Crippen LogP contribution in [0.3, 0.4) is 0 Å². The smallest absolute Gasteiger partial charge is 0.118 e. The minimum atomic E-state index is 0.532. The zero-order valence-electron chi connectivity index (χ0n) is 11.6. The molecule has 3 nitrogen and oxygen atoms in total. The van der Waals surface area contributed by atoms with Gasteiger partial charge in [-0.15, -0.1) is 0 Å². The predicted molar refractivity (Wildman–Crippen MR) is 76.5 cm³/mol. The molecule has 3 heteroatoms. The molecule has 2 rings (SSSR count). The van der Waals surface area contributed by atoms with Gasteiger partial charge < -0.3 is 14.5 Å². The van der Waals surface area contributed by atoms with Crippen molar-refractivity contribution in [1.29, 1.82) is 0 Å². The molecule has 0 aliphatic carbocycles. The lowest BCUT2D eigenvalue weighted by molar-refractivity contribution is 0.413. The van der Waals surface area contributed by atoms with E-state index in [-0.39, 0.29) is 0 Å². The molecule has 1 heterocycles. The Morgan fingerprint density at radius 2 is 1.95 bits per heavy atom. The van der Waals surface area contributed by atoms with Gasteiger partial charge >= 0.3 is 0 Å². The SMILES string of the molecule is CNCC(Cc1ccc(OC)cc1)Cc1ccco1. The zero-order chi connectivity index (χ0) is 13.5. The maximum Gasteiger partial charge on any atom is 0.118 e. The third-order valence-electron chi connectivity index (χ3n) is 3.25. The molecule has 0 saturated heterocycles. The monoisotopic (exact) mass is 259 g/mol. The topological polar surface area (TPSA) is 34.4 Å². The highest BCUT2D eigenvalue weighted by Gasteiger charge is 2.11. The first-order valence-electron chi connectivity index (χ1n) is 6.61. The van der Waals surface area contributed by atoms with Crippen LogP contribution in [-0.4, -0.2) is 20.7 Å². The first kappa shape index (κ1) is 13.7. The summed E-state index contributed by atoms with van der Waals surface area (Å²) in [7, 11) is 3.68. The summed E-state index contributed by atoms with van der Waals surface area (Å²) in [5.74, 6) is 2.48. The van der Waals surface area contributed by atoms with Crippen LogP contribution in [0.2, 0.25) is 0 Å². The van der Waals surface area contributed by atoms with Gasteiger partial charge in [-0.1, -0.05) is 12.1 Å². The molecule has 0 saturated carbocycles. The quantitative estimate of drug-likeness (QED) is 0.830. The van der Waals surface area contributed by atoms with Crippen LogP contribution in [0.1, 0.15) is 11.3 Å². The average Bonchev–Trinajstić information content (AvgIpc) is 2.93. The number of ether oxygens (including phenoxy) is 1. The maximum absolute atomic E-state index is 5.44. The number of nitrogens with one attached hydrogen (secondary N) is 1. The van der Waals surface area contributed by atoms with Crippen molar-refractivity contribution in [2.24, 2.45) is 5.92 Å². The van der Waals surface area contributed by atoms with Crippen molar-refractivity contribution in [3.8, 4) is 5.75 Å². The summed E-state index contributed by atoms with van der Waals surface area (Å²) in [6.45, 7) is 0.979. The van der Waals surface area contributed by atoms with Gasteiger partial charge in [0.15, 0.2) is 0 Å². The normalized spacial score (nSPS) is 12.3. The minimum Gasteiger partial charge on any atom is -0.497 e. The Labute approximate surface area is 114 Å². The van der Waals surface area contributed by atoms with E-state index in [0.717, 1.165) is 30.9 Å². The van der Waals surface area contributed by atoms with Crippen molar-refractivity contribution in [1.82, 2.24) is 5.32 Å². The van der Waals surface area contributed by atoms with E-state index in [1.54, 1.807) is 13.4 Å². The fourth-order valence-corrected chi connectivity index (χ4v) is 2.31. The van der Waals surface area contributed by atoms with E-state index in [4.69, 9.17) is 9.15 Å². The molecule has 1 unspecified atom stereocenters. The van der Waals surface area contributed by atoms with Crippen LogP contribution >= 0.6 is 0 Å². The van der Waals surface area contributed by atoms with Crippen molar-refractivity contribution in [2.75, 3.05) is 20.7 Å². The van der Waals surface area contributed by atoms with Crippen molar-refractivity contribution in [3.05, 3.63) is 54.0 Å². The standard InChI is InChI=1S/C16H21NO2/c1-17-12-14(11-16-4-3-9-19-16)10-13-5-7-15(18-2)8-6-13/h3-9,14,17H,10-12H2,1-2H3. The van der Waals surface area contributed by atoms with Crippen LogP contribution in [0.4, 0.5) is 0 Å². The van der Waals surface area contributed by atoms with Crippen LogP contribution in [0, 0.1) is 5.92 Å². The lowest BCUT2D eigenvalue weighted by Crippen LogP contribution is -2.22. The van der Waals surface area contributed by atoms with Crippen LogP contribution in [-0.2, 0) is 12.8 Å². The Kier molecular flexibility index (Phi) is 5.04. The molecule has 19 heavy (non-hydrogen) atoms. The largest absolute Gasteiger partial charge is 0.497 e. The number of furan rings is 1. The summed E-state index contributed by atoms with van der Waals surface area (Å²) in [4.78, 5) is 0. The Morgan fingerprint density at radius 1 is 1.16 bits per heavy atom. The number of hydrogen-bond donors (Lipinski definition) is 1. The molecule has 102 valence electrons. The second kappa shape index (κ2) is 7.00. The first-order chi connectivity index (χ1) is 9.31. The third-order valence-corrected chi connectivity index (χ3v) is 3.25. The molecule has 0 spiro atoms.